The van der Waals surface area contributed by atoms with Gasteiger partial charge in [0, 0.05) is 42.4 Å². The summed E-state index contributed by atoms with van der Waals surface area (Å²) in [6, 6.07) is 2.89. The Balaban J connectivity index is 0.000000365. The average molecular weight is 645 g/mol. The van der Waals surface area contributed by atoms with E-state index in [0.29, 0.717) is 31.5 Å². The third kappa shape index (κ3) is 9.77. The smallest absolute Gasteiger partial charge is 0.407 e. The van der Waals surface area contributed by atoms with Crippen molar-refractivity contribution in [2.24, 2.45) is 17.8 Å². The molecular formula is C34H49FN4O7. The van der Waals surface area contributed by atoms with Gasteiger partial charge in [0.2, 0.25) is 17.7 Å². The fourth-order valence-corrected chi connectivity index (χ4v) is 6.50. The highest BCUT2D eigenvalue weighted by molar-refractivity contribution is 5.93. The lowest BCUT2D eigenvalue weighted by Gasteiger charge is -2.35. The zero-order valence-corrected chi connectivity index (χ0v) is 27.4. The summed E-state index contributed by atoms with van der Waals surface area (Å²) >= 11 is 0. The third-order valence-corrected chi connectivity index (χ3v) is 8.95. The minimum absolute atomic E-state index is 0.108. The zero-order chi connectivity index (χ0) is 34.2. The lowest BCUT2D eigenvalue weighted by atomic mass is 9.77. The molecule has 4 amide bonds. The number of amides is 4. The van der Waals surface area contributed by atoms with Gasteiger partial charge in [0.25, 0.3) is 0 Å². The van der Waals surface area contributed by atoms with Gasteiger partial charge >= 0.3 is 12.1 Å². The predicted molar refractivity (Wildman–Crippen MR) is 170 cm³/mol. The molecule has 0 radical (unpaired) electrons. The second-order valence-corrected chi connectivity index (χ2v) is 13.6. The molecule has 4 atom stereocenters. The fourth-order valence-electron chi connectivity index (χ4n) is 6.50. The topological polar surface area (TPSA) is 156 Å². The molecule has 3 aliphatic rings. The molecule has 1 aromatic rings. The number of nitrogens with zero attached hydrogens (tertiary/aromatic N) is 2. The van der Waals surface area contributed by atoms with Gasteiger partial charge in [0.05, 0.1) is 6.54 Å². The molecule has 1 aliphatic carbocycles. The fraction of sp³-hybridized carbons (Fsp3) is 0.618. The third-order valence-electron chi connectivity index (χ3n) is 8.95. The van der Waals surface area contributed by atoms with Gasteiger partial charge in [0.1, 0.15) is 17.9 Å². The number of carboxylic acids is 1. The molecule has 0 bridgehead atoms. The standard InChI is InChI=1S/C25H41N3O5.C9H8FNO2/c1-6-16(2)21(24(32)33)26-22(30)19-13-10-14-28(19)23(31)18(17-11-8-7-9-12-17)15-20(29)27-25(3,4)5;10-8-3-1-2-6-4-11(9(12)13)5-7(6)8/h6,16-19,21H,1,7-15H2,2-5H3,(H,26,30)(H,27,29)(H,32,33);1-3H,4-5H2,(H,12,13). The van der Waals surface area contributed by atoms with Crippen molar-refractivity contribution in [1.82, 2.24) is 20.4 Å². The molecule has 4 unspecified atom stereocenters. The van der Waals surface area contributed by atoms with E-state index in [9.17, 15) is 33.5 Å². The minimum atomic E-state index is -1.13. The largest absolute Gasteiger partial charge is 0.480 e. The van der Waals surface area contributed by atoms with Crippen LogP contribution in [0.15, 0.2) is 30.9 Å². The Morgan fingerprint density at radius 1 is 1.04 bits per heavy atom. The summed E-state index contributed by atoms with van der Waals surface area (Å²) in [7, 11) is 0. The van der Waals surface area contributed by atoms with E-state index in [1.54, 1.807) is 24.0 Å². The molecule has 0 aromatic heterocycles. The number of hydrogen-bond donors (Lipinski definition) is 4. The number of aliphatic carboxylic acids is 1. The van der Waals surface area contributed by atoms with Crippen LogP contribution >= 0.6 is 0 Å². The number of halogens is 1. The van der Waals surface area contributed by atoms with Crippen molar-refractivity contribution in [3.8, 4) is 0 Å². The van der Waals surface area contributed by atoms with Gasteiger partial charge in [-0.1, -0.05) is 44.4 Å². The van der Waals surface area contributed by atoms with Crippen LogP contribution in [0.2, 0.25) is 0 Å². The summed E-state index contributed by atoms with van der Waals surface area (Å²) in [5.41, 5.74) is 0.883. The first-order valence-corrected chi connectivity index (χ1v) is 16.1. The monoisotopic (exact) mass is 644 g/mol. The number of likely N-dealkylation sites (tertiary alicyclic amines) is 1. The SMILES string of the molecule is C=CC(C)C(NC(=O)C1CCCN1C(=O)C(CC(=O)NC(C)(C)C)C1CCCCC1)C(=O)O.O=C(O)N1Cc2cccc(F)c2C1. The van der Waals surface area contributed by atoms with Crippen molar-refractivity contribution in [2.45, 2.75) is 110 Å². The Bertz CT molecular complexity index is 1290. The number of benzene rings is 1. The van der Waals surface area contributed by atoms with Crippen molar-refractivity contribution in [3.05, 3.63) is 47.8 Å². The normalized spacial score (nSPS) is 20.0. The minimum Gasteiger partial charge on any atom is -0.480 e. The Kier molecular flexibility index (Phi) is 12.7. The molecular weight excluding hydrogens is 595 g/mol. The molecule has 2 fully saturated rings. The first-order valence-electron chi connectivity index (χ1n) is 16.1. The number of carbonyl (C=O) groups excluding carboxylic acids is 3. The zero-order valence-electron chi connectivity index (χ0n) is 27.4. The van der Waals surface area contributed by atoms with Crippen molar-refractivity contribution >= 4 is 29.8 Å². The van der Waals surface area contributed by atoms with E-state index < -0.39 is 41.9 Å². The Morgan fingerprint density at radius 3 is 2.28 bits per heavy atom. The predicted octanol–water partition coefficient (Wildman–Crippen LogP) is 4.69. The van der Waals surface area contributed by atoms with Crippen LogP contribution in [0.5, 0.6) is 0 Å². The van der Waals surface area contributed by atoms with Gasteiger partial charge < -0.3 is 25.7 Å². The van der Waals surface area contributed by atoms with E-state index in [1.807, 2.05) is 20.8 Å². The summed E-state index contributed by atoms with van der Waals surface area (Å²) in [4.78, 5) is 64.4. The number of fused-ring (bicyclic) bond motifs is 1. The van der Waals surface area contributed by atoms with Crippen molar-refractivity contribution < 1.29 is 38.6 Å². The van der Waals surface area contributed by atoms with E-state index in [4.69, 9.17) is 5.11 Å². The molecule has 46 heavy (non-hydrogen) atoms. The molecule has 2 heterocycles. The molecule has 1 saturated heterocycles. The van der Waals surface area contributed by atoms with Gasteiger partial charge in [-0.05, 0) is 64.0 Å². The Morgan fingerprint density at radius 2 is 1.72 bits per heavy atom. The Hall–Kier alpha value is -3.96. The lowest BCUT2D eigenvalue weighted by molar-refractivity contribution is -0.147. The van der Waals surface area contributed by atoms with E-state index in [1.165, 1.54) is 17.0 Å². The van der Waals surface area contributed by atoms with E-state index in [2.05, 4.69) is 17.2 Å². The number of rotatable bonds is 9. The lowest BCUT2D eigenvalue weighted by Crippen LogP contribution is -2.54. The Labute approximate surface area is 270 Å². The van der Waals surface area contributed by atoms with Gasteiger partial charge in [-0.3, -0.25) is 19.3 Å². The van der Waals surface area contributed by atoms with Crippen LogP contribution in [0.4, 0.5) is 9.18 Å². The number of hydrogen-bond acceptors (Lipinski definition) is 5. The second-order valence-electron chi connectivity index (χ2n) is 13.6. The average Bonchev–Trinajstić information content (AvgIpc) is 3.67. The number of nitrogens with one attached hydrogen (secondary N) is 2. The molecule has 254 valence electrons. The highest BCUT2D eigenvalue weighted by Gasteiger charge is 2.42. The van der Waals surface area contributed by atoms with Crippen LogP contribution in [0.3, 0.4) is 0 Å². The van der Waals surface area contributed by atoms with Gasteiger partial charge in [-0.15, -0.1) is 6.58 Å². The van der Waals surface area contributed by atoms with Crippen molar-refractivity contribution in [2.75, 3.05) is 6.54 Å². The van der Waals surface area contributed by atoms with Crippen LogP contribution in [-0.2, 0) is 32.3 Å². The molecule has 11 nitrogen and oxygen atoms in total. The number of carbonyl (C=O) groups is 5. The summed E-state index contributed by atoms with van der Waals surface area (Å²) in [6.07, 6.45) is 6.78. The van der Waals surface area contributed by atoms with Gasteiger partial charge in [-0.25, -0.2) is 14.0 Å². The van der Waals surface area contributed by atoms with Crippen LogP contribution in [0.25, 0.3) is 0 Å². The van der Waals surface area contributed by atoms with Crippen LogP contribution in [0.1, 0.15) is 90.2 Å². The molecule has 1 aromatic carbocycles. The quantitative estimate of drug-likeness (QED) is 0.284. The van der Waals surface area contributed by atoms with Crippen LogP contribution < -0.4 is 10.6 Å². The second kappa shape index (κ2) is 16.0. The van der Waals surface area contributed by atoms with Crippen molar-refractivity contribution in [1.29, 1.82) is 0 Å². The van der Waals surface area contributed by atoms with E-state index in [0.717, 1.165) is 37.7 Å². The molecule has 4 N–H and O–H groups in total. The molecule has 0 spiro atoms. The summed E-state index contributed by atoms with van der Waals surface area (Å²) < 4.78 is 13.1. The molecule has 12 heteroatoms. The summed E-state index contributed by atoms with van der Waals surface area (Å²) in [5, 5.41) is 23.7. The first kappa shape index (κ1) is 36.5. The summed E-state index contributed by atoms with van der Waals surface area (Å²) in [6.45, 7) is 11.9. The van der Waals surface area contributed by atoms with Crippen LogP contribution in [0, 0.1) is 23.6 Å². The molecule has 1 saturated carbocycles. The summed E-state index contributed by atoms with van der Waals surface area (Å²) in [5.74, 6) is -3.02. The molecule has 4 rings (SSSR count). The maximum atomic E-state index is 13.7. The van der Waals surface area contributed by atoms with E-state index >= 15 is 0 Å². The van der Waals surface area contributed by atoms with Gasteiger partial charge in [0.15, 0.2) is 0 Å². The highest BCUT2D eigenvalue weighted by Crippen LogP contribution is 2.35. The maximum absolute atomic E-state index is 13.7. The van der Waals surface area contributed by atoms with Gasteiger partial charge in [-0.2, -0.15) is 0 Å². The van der Waals surface area contributed by atoms with Crippen molar-refractivity contribution in [3.63, 3.8) is 0 Å². The first-order chi connectivity index (χ1) is 21.6. The number of carboxylic acid groups (broad SMARTS) is 2. The molecule has 2 aliphatic heterocycles. The van der Waals surface area contributed by atoms with Crippen LogP contribution in [-0.4, -0.2) is 74.0 Å². The maximum Gasteiger partial charge on any atom is 0.407 e. The van der Waals surface area contributed by atoms with E-state index in [-0.39, 0.29) is 42.1 Å². The highest BCUT2D eigenvalue weighted by atomic mass is 19.1.